The van der Waals surface area contributed by atoms with E-state index in [9.17, 15) is 9.59 Å². The summed E-state index contributed by atoms with van der Waals surface area (Å²) < 4.78 is 3.50. The molecule has 0 radical (unpaired) electrons. The molecule has 0 saturated carbocycles. The summed E-state index contributed by atoms with van der Waals surface area (Å²) in [6.07, 6.45) is 3.36. The van der Waals surface area contributed by atoms with E-state index in [0.717, 1.165) is 27.5 Å². The Kier molecular flexibility index (Phi) is 4.35. The first-order valence-corrected chi connectivity index (χ1v) is 8.96. The van der Waals surface area contributed by atoms with Crippen molar-refractivity contribution in [3.05, 3.63) is 66.1 Å². The van der Waals surface area contributed by atoms with Gasteiger partial charge in [0.2, 0.25) is 0 Å². The van der Waals surface area contributed by atoms with Crippen LogP contribution in [0.5, 0.6) is 0 Å². The molecule has 4 rings (SSSR count). The molecule has 0 aliphatic rings. The minimum atomic E-state index is -0.299. The van der Waals surface area contributed by atoms with Gasteiger partial charge in [-0.1, -0.05) is 18.2 Å². The zero-order valence-electron chi connectivity index (χ0n) is 16.0. The average molecular weight is 375 g/mol. The van der Waals surface area contributed by atoms with Gasteiger partial charge in [0.25, 0.3) is 5.91 Å². The van der Waals surface area contributed by atoms with Gasteiger partial charge in [0.05, 0.1) is 16.6 Å². The van der Waals surface area contributed by atoms with Gasteiger partial charge in [0.1, 0.15) is 5.69 Å². The van der Waals surface area contributed by atoms with Gasteiger partial charge in [-0.15, -0.1) is 0 Å². The zero-order chi connectivity index (χ0) is 19.8. The van der Waals surface area contributed by atoms with Crippen LogP contribution in [0.4, 0.5) is 4.79 Å². The van der Waals surface area contributed by atoms with Crippen molar-refractivity contribution in [2.75, 3.05) is 14.1 Å². The van der Waals surface area contributed by atoms with Crippen LogP contribution in [-0.4, -0.2) is 45.1 Å². The van der Waals surface area contributed by atoms with Crippen molar-refractivity contribution >= 4 is 33.9 Å². The maximum absolute atomic E-state index is 13.0. The SMILES string of the molecule is CN(C)C(=O)n1c(C(=O)NCc2ccncc2)cc2c1c1ccccc1n2C. The molecule has 3 heterocycles. The highest BCUT2D eigenvalue weighted by atomic mass is 16.2. The van der Waals surface area contributed by atoms with Crippen LogP contribution in [0.2, 0.25) is 0 Å². The standard InChI is InChI=1S/C21H21N5O2/c1-24(2)21(28)26-18(20(27)23-13-14-8-10-22-11-9-14)12-17-19(26)15-6-4-5-7-16(15)25(17)3/h4-12H,13H2,1-3H3,(H,23,27). The van der Waals surface area contributed by atoms with E-state index in [1.165, 1.54) is 9.47 Å². The molecular weight excluding hydrogens is 354 g/mol. The number of fused-ring (bicyclic) bond motifs is 3. The zero-order valence-corrected chi connectivity index (χ0v) is 16.0. The lowest BCUT2D eigenvalue weighted by molar-refractivity contribution is 0.0942. The fourth-order valence-corrected chi connectivity index (χ4v) is 3.45. The van der Waals surface area contributed by atoms with Crippen molar-refractivity contribution < 1.29 is 9.59 Å². The number of benzene rings is 1. The van der Waals surface area contributed by atoms with Crippen molar-refractivity contribution in [3.63, 3.8) is 0 Å². The number of rotatable bonds is 3. The van der Waals surface area contributed by atoms with Crippen LogP contribution in [0.1, 0.15) is 16.1 Å². The topological polar surface area (TPSA) is 72.2 Å². The van der Waals surface area contributed by atoms with E-state index in [4.69, 9.17) is 0 Å². The molecule has 0 atom stereocenters. The van der Waals surface area contributed by atoms with Crippen molar-refractivity contribution in [2.45, 2.75) is 6.54 Å². The van der Waals surface area contributed by atoms with E-state index < -0.39 is 0 Å². The number of pyridine rings is 1. The molecule has 3 aromatic heterocycles. The molecule has 7 heteroatoms. The Hall–Kier alpha value is -3.61. The quantitative estimate of drug-likeness (QED) is 0.598. The van der Waals surface area contributed by atoms with Gasteiger partial charge in [-0.05, 0) is 29.8 Å². The van der Waals surface area contributed by atoms with Crippen LogP contribution in [0, 0.1) is 0 Å². The fraction of sp³-hybridized carbons (Fsp3) is 0.190. The van der Waals surface area contributed by atoms with E-state index in [2.05, 4.69) is 10.3 Å². The number of amides is 2. The largest absolute Gasteiger partial charge is 0.347 e. The van der Waals surface area contributed by atoms with Gasteiger partial charge in [-0.2, -0.15) is 0 Å². The van der Waals surface area contributed by atoms with E-state index in [-0.39, 0.29) is 11.9 Å². The predicted molar refractivity (Wildman–Crippen MR) is 108 cm³/mol. The Bertz CT molecular complexity index is 1190. The summed E-state index contributed by atoms with van der Waals surface area (Å²) in [5.74, 6) is -0.299. The van der Waals surface area contributed by atoms with E-state index in [1.807, 2.05) is 48.0 Å². The lowest BCUT2D eigenvalue weighted by Crippen LogP contribution is -2.32. The Morgan fingerprint density at radius 3 is 2.50 bits per heavy atom. The van der Waals surface area contributed by atoms with Crippen LogP contribution >= 0.6 is 0 Å². The minimum absolute atomic E-state index is 0.264. The molecule has 28 heavy (non-hydrogen) atoms. The maximum atomic E-state index is 13.0. The number of carbonyl (C=O) groups excluding carboxylic acids is 2. The molecule has 0 spiro atoms. The highest BCUT2D eigenvalue weighted by molar-refractivity contribution is 6.14. The van der Waals surface area contributed by atoms with E-state index in [1.54, 1.807) is 32.6 Å². The second kappa shape index (κ2) is 6.84. The summed E-state index contributed by atoms with van der Waals surface area (Å²) >= 11 is 0. The average Bonchev–Trinajstić information content (AvgIpc) is 3.23. The first kappa shape index (κ1) is 17.8. The molecule has 0 unspecified atom stereocenters. The molecule has 0 aliphatic heterocycles. The summed E-state index contributed by atoms with van der Waals surface area (Å²) in [5, 5.41) is 3.83. The summed E-state index contributed by atoms with van der Waals surface area (Å²) in [6, 6.07) is 13.1. The number of para-hydroxylation sites is 1. The Morgan fingerprint density at radius 1 is 1.07 bits per heavy atom. The van der Waals surface area contributed by atoms with Crippen LogP contribution in [-0.2, 0) is 13.6 Å². The minimum Gasteiger partial charge on any atom is -0.347 e. The smallest absolute Gasteiger partial charge is 0.328 e. The molecule has 4 aromatic rings. The van der Waals surface area contributed by atoms with Gasteiger partial charge in [0, 0.05) is 45.5 Å². The third-order valence-electron chi connectivity index (χ3n) is 4.87. The second-order valence-corrected chi connectivity index (χ2v) is 6.89. The number of aromatic nitrogens is 3. The first-order valence-electron chi connectivity index (χ1n) is 8.96. The molecule has 2 amide bonds. The Morgan fingerprint density at radius 2 is 1.79 bits per heavy atom. The highest BCUT2D eigenvalue weighted by Crippen LogP contribution is 2.31. The second-order valence-electron chi connectivity index (χ2n) is 6.89. The number of carbonyl (C=O) groups is 2. The van der Waals surface area contributed by atoms with Crippen molar-refractivity contribution in [1.29, 1.82) is 0 Å². The monoisotopic (exact) mass is 375 g/mol. The number of hydrogen-bond donors (Lipinski definition) is 1. The number of aryl methyl sites for hydroxylation is 1. The number of nitrogens with zero attached hydrogens (tertiary/aromatic N) is 4. The lowest BCUT2D eigenvalue weighted by Gasteiger charge is -2.15. The fourth-order valence-electron chi connectivity index (χ4n) is 3.45. The van der Waals surface area contributed by atoms with Crippen LogP contribution in [0.15, 0.2) is 54.9 Å². The maximum Gasteiger partial charge on any atom is 0.328 e. The summed E-state index contributed by atoms with van der Waals surface area (Å²) in [4.78, 5) is 31.4. The first-order chi connectivity index (χ1) is 13.5. The third kappa shape index (κ3) is 2.81. The van der Waals surface area contributed by atoms with Crippen molar-refractivity contribution in [3.8, 4) is 0 Å². The Balaban J connectivity index is 1.83. The third-order valence-corrected chi connectivity index (χ3v) is 4.87. The van der Waals surface area contributed by atoms with Crippen LogP contribution < -0.4 is 5.32 Å². The van der Waals surface area contributed by atoms with E-state index in [0.29, 0.717) is 12.2 Å². The van der Waals surface area contributed by atoms with Crippen molar-refractivity contribution in [2.24, 2.45) is 7.05 Å². The molecule has 0 aliphatic carbocycles. The van der Waals surface area contributed by atoms with Gasteiger partial charge in [0.15, 0.2) is 0 Å². The van der Waals surface area contributed by atoms with Gasteiger partial charge < -0.3 is 14.8 Å². The molecule has 1 N–H and O–H groups in total. The number of hydrogen-bond acceptors (Lipinski definition) is 3. The summed E-state index contributed by atoms with van der Waals surface area (Å²) in [5.41, 5.74) is 3.85. The summed E-state index contributed by atoms with van der Waals surface area (Å²) in [6.45, 7) is 0.361. The molecule has 0 saturated heterocycles. The molecule has 142 valence electrons. The highest BCUT2D eigenvalue weighted by Gasteiger charge is 2.25. The number of nitrogens with one attached hydrogen (secondary N) is 1. The van der Waals surface area contributed by atoms with Gasteiger partial charge in [-0.25, -0.2) is 4.79 Å². The van der Waals surface area contributed by atoms with Gasteiger partial charge in [-0.3, -0.25) is 14.3 Å². The van der Waals surface area contributed by atoms with Crippen LogP contribution in [0.25, 0.3) is 21.9 Å². The van der Waals surface area contributed by atoms with E-state index >= 15 is 0 Å². The molecule has 1 aromatic carbocycles. The summed E-state index contributed by atoms with van der Waals surface area (Å²) in [7, 11) is 5.30. The normalized spacial score (nSPS) is 11.1. The lowest BCUT2D eigenvalue weighted by atomic mass is 10.2. The Labute approximate surface area is 162 Å². The van der Waals surface area contributed by atoms with Crippen molar-refractivity contribution in [1.82, 2.24) is 24.3 Å². The molecule has 0 bridgehead atoms. The molecule has 0 fully saturated rings. The van der Waals surface area contributed by atoms with Gasteiger partial charge >= 0.3 is 6.03 Å². The molecular formula is C21H21N5O2. The molecule has 7 nitrogen and oxygen atoms in total. The predicted octanol–water partition coefficient (Wildman–Crippen LogP) is 2.99. The van der Waals surface area contributed by atoms with Crippen LogP contribution in [0.3, 0.4) is 0 Å².